The Morgan fingerprint density at radius 2 is 1.58 bits per heavy atom. The van der Waals surface area contributed by atoms with Crippen LogP contribution in [0.5, 0.6) is 11.5 Å². The van der Waals surface area contributed by atoms with Gasteiger partial charge < -0.3 is 14.9 Å². The first-order valence-corrected chi connectivity index (χ1v) is 8.08. The van der Waals surface area contributed by atoms with Crippen LogP contribution in [-0.2, 0) is 4.74 Å². The van der Waals surface area contributed by atoms with Crippen molar-refractivity contribution in [2.45, 2.75) is 45.8 Å². The molecule has 1 aromatic carbocycles. The van der Waals surface area contributed by atoms with Crippen molar-refractivity contribution >= 4 is 11.6 Å². The second kappa shape index (κ2) is 5.45. The molecule has 0 amide bonds. The van der Waals surface area contributed by atoms with Crippen LogP contribution in [0.15, 0.2) is 23.8 Å². The van der Waals surface area contributed by atoms with E-state index in [2.05, 4.69) is 0 Å². The number of carbonyl (C=O) groups excluding carboxylic acids is 2. The SMILES string of the molecule is CC1=C[C@H](OC(C)(C)C)[C@H]2C(=O)c3c(O)ccc(O)c3C(=O)[C@H]2C1. The van der Waals surface area contributed by atoms with E-state index >= 15 is 0 Å². The molecule has 3 atom stereocenters. The summed E-state index contributed by atoms with van der Waals surface area (Å²) >= 11 is 0. The smallest absolute Gasteiger partial charge is 0.174 e. The van der Waals surface area contributed by atoms with Crippen LogP contribution in [0.1, 0.15) is 54.8 Å². The lowest BCUT2D eigenvalue weighted by Crippen LogP contribution is -2.47. The van der Waals surface area contributed by atoms with Crippen LogP contribution in [0.25, 0.3) is 0 Å². The summed E-state index contributed by atoms with van der Waals surface area (Å²) in [7, 11) is 0. The topological polar surface area (TPSA) is 83.8 Å². The Morgan fingerprint density at radius 3 is 2.12 bits per heavy atom. The highest BCUT2D eigenvalue weighted by Gasteiger charge is 2.49. The van der Waals surface area contributed by atoms with E-state index in [1.54, 1.807) is 0 Å². The molecule has 2 aliphatic rings. The quantitative estimate of drug-likeness (QED) is 0.610. The van der Waals surface area contributed by atoms with Crippen LogP contribution in [0.4, 0.5) is 0 Å². The third-order valence-corrected chi connectivity index (χ3v) is 4.56. The van der Waals surface area contributed by atoms with Crippen molar-refractivity contribution in [1.29, 1.82) is 0 Å². The van der Waals surface area contributed by atoms with Gasteiger partial charge in [0.1, 0.15) is 11.5 Å². The van der Waals surface area contributed by atoms with Crippen molar-refractivity contribution in [1.82, 2.24) is 0 Å². The van der Waals surface area contributed by atoms with E-state index in [4.69, 9.17) is 4.74 Å². The van der Waals surface area contributed by atoms with Crippen LogP contribution in [0.2, 0.25) is 0 Å². The summed E-state index contributed by atoms with van der Waals surface area (Å²) in [5, 5.41) is 20.1. The Hall–Kier alpha value is -2.14. The zero-order valence-corrected chi connectivity index (χ0v) is 14.3. The molecule has 5 nitrogen and oxygen atoms in total. The van der Waals surface area contributed by atoms with Gasteiger partial charge in [-0.15, -0.1) is 0 Å². The number of Topliss-reactive ketones (excluding diaryl/α,β-unsaturated/α-hetero) is 2. The van der Waals surface area contributed by atoms with Gasteiger partial charge in [0.2, 0.25) is 0 Å². The Morgan fingerprint density at radius 1 is 1.04 bits per heavy atom. The number of hydrogen-bond acceptors (Lipinski definition) is 5. The molecule has 0 aliphatic heterocycles. The van der Waals surface area contributed by atoms with Crippen molar-refractivity contribution < 1.29 is 24.5 Å². The van der Waals surface area contributed by atoms with E-state index in [9.17, 15) is 19.8 Å². The van der Waals surface area contributed by atoms with Crippen molar-refractivity contribution in [2.24, 2.45) is 11.8 Å². The van der Waals surface area contributed by atoms with Crippen LogP contribution in [-0.4, -0.2) is 33.5 Å². The zero-order chi connectivity index (χ0) is 17.8. The average molecular weight is 330 g/mol. The predicted molar refractivity (Wildman–Crippen MR) is 88.4 cm³/mol. The standard InChI is InChI=1S/C19H22O5/c1-9-7-10-14(13(8-9)24-19(2,3)4)18(23)16-12(21)6-5-11(20)15(16)17(10)22/h5-6,8,10,13-14,20-21H,7H2,1-4H3/t10-,13-,14-/m0/s1. The monoisotopic (exact) mass is 330 g/mol. The number of fused-ring (bicyclic) bond motifs is 2. The van der Waals surface area contributed by atoms with E-state index in [1.807, 2.05) is 33.8 Å². The fourth-order valence-corrected chi connectivity index (χ4v) is 3.69. The second-order valence-corrected chi connectivity index (χ2v) is 7.63. The summed E-state index contributed by atoms with van der Waals surface area (Å²) in [5.41, 5.74) is 0.352. The van der Waals surface area contributed by atoms with E-state index in [1.165, 1.54) is 12.1 Å². The van der Waals surface area contributed by atoms with Gasteiger partial charge in [0, 0.05) is 5.92 Å². The summed E-state index contributed by atoms with van der Waals surface area (Å²) in [4.78, 5) is 26.0. The molecule has 2 N–H and O–H groups in total. The van der Waals surface area contributed by atoms with Gasteiger partial charge in [-0.25, -0.2) is 0 Å². The van der Waals surface area contributed by atoms with Gasteiger partial charge in [0.25, 0.3) is 0 Å². The van der Waals surface area contributed by atoms with Crippen LogP contribution in [0, 0.1) is 11.8 Å². The molecule has 3 rings (SSSR count). The summed E-state index contributed by atoms with van der Waals surface area (Å²) in [6.07, 6.45) is 1.81. The molecule has 0 aromatic heterocycles. The van der Waals surface area contributed by atoms with E-state index in [0.717, 1.165) is 5.57 Å². The number of carbonyl (C=O) groups is 2. The molecule has 5 heteroatoms. The highest BCUT2D eigenvalue weighted by atomic mass is 16.5. The largest absolute Gasteiger partial charge is 0.507 e. The van der Waals surface area contributed by atoms with E-state index in [-0.39, 0.29) is 34.2 Å². The first-order valence-electron chi connectivity index (χ1n) is 8.08. The minimum absolute atomic E-state index is 0.0644. The lowest BCUT2D eigenvalue weighted by atomic mass is 9.66. The van der Waals surface area contributed by atoms with Gasteiger partial charge in [-0.2, -0.15) is 0 Å². The number of benzene rings is 1. The summed E-state index contributed by atoms with van der Waals surface area (Å²) in [6.45, 7) is 7.59. The van der Waals surface area contributed by atoms with Crippen molar-refractivity contribution in [3.05, 3.63) is 34.9 Å². The number of aromatic hydroxyl groups is 2. The van der Waals surface area contributed by atoms with Gasteiger partial charge in [0.15, 0.2) is 11.6 Å². The molecule has 0 spiro atoms. The molecule has 1 aromatic rings. The summed E-state index contributed by atoms with van der Waals surface area (Å²) in [5.74, 6) is -2.45. The minimum Gasteiger partial charge on any atom is -0.507 e. The number of phenolic OH excluding ortho intramolecular Hbond substituents is 2. The molecule has 2 aliphatic carbocycles. The minimum atomic E-state index is -0.680. The highest BCUT2D eigenvalue weighted by molar-refractivity contribution is 6.19. The zero-order valence-electron chi connectivity index (χ0n) is 14.3. The Bertz CT molecular complexity index is 754. The van der Waals surface area contributed by atoms with Gasteiger partial charge in [-0.05, 0) is 46.2 Å². The molecule has 0 heterocycles. The van der Waals surface area contributed by atoms with Gasteiger partial charge in [0.05, 0.1) is 28.7 Å². The fraction of sp³-hybridized carbons (Fsp3) is 0.474. The molecule has 0 bridgehead atoms. The van der Waals surface area contributed by atoms with Crippen molar-refractivity contribution in [2.75, 3.05) is 0 Å². The van der Waals surface area contributed by atoms with Gasteiger partial charge in [-0.3, -0.25) is 9.59 Å². The summed E-state index contributed by atoms with van der Waals surface area (Å²) in [6, 6.07) is 2.48. The van der Waals surface area contributed by atoms with E-state index < -0.39 is 23.5 Å². The normalized spacial score (nSPS) is 26.7. The first kappa shape index (κ1) is 16.7. The molecule has 0 unspecified atom stereocenters. The maximum Gasteiger partial charge on any atom is 0.174 e. The Labute approximate surface area is 140 Å². The molecule has 128 valence electrons. The van der Waals surface area contributed by atoms with E-state index in [0.29, 0.717) is 6.42 Å². The number of ether oxygens (including phenoxy) is 1. The number of ketones is 2. The molecule has 24 heavy (non-hydrogen) atoms. The van der Waals surface area contributed by atoms with Gasteiger partial charge in [-0.1, -0.05) is 11.6 Å². The Balaban J connectivity index is 2.14. The summed E-state index contributed by atoms with van der Waals surface area (Å²) < 4.78 is 6.03. The lowest BCUT2D eigenvalue weighted by molar-refractivity contribution is -0.0667. The van der Waals surface area contributed by atoms with Crippen LogP contribution < -0.4 is 0 Å². The molecule has 0 saturated heterocycles. The average Bonchev–Trinajstić information content (AvgIpc) is 2.44. The first-order chi connectivity index (χ1) is 11.1. The van der Waals surface area contributed by atoms with Gasteiger partial charge >= 0.3 is 0 Å². The highest BCUT2D eigenvalue weighted by Crippen LogP contribution is 2.45. The molecule has 0 saturated carbocycles. The molecular weight excluding hydrogens is 308 g/mol. The van der Waals surface area contributed by atoms with Crippen LogP contribution >= 0.6 is 0 Å². The molecular formula is C19H22O5. The third kappa shape index (κ3) is 2.63. The second-order valence-electron chi connectivity index (χ2n) is 7.63. The van der Waals surface area contributed by atoms with Crippen molar-refractivity contribution in [3.63, 3.8) is 0 Å². The predicted octanol–water partition coefficient (Wildman–Crippen LogP) is 3.24. The third-order valence-electron chi connectivity index (χ3n) is 4.56. The molecule has 0 radical (unpaired) electrons. The number of rotatable bonds is 1. The maximum absolute atomic E-state index is 13.0. The molecule has 0 fully saturated rings. The fourth-order valence-electron chi connectivity index (χ4n) is 3.69. The lowest BCUT2D eigenvalue weighted by Gasteiger charge is -2.40. The number of allylic oxidation sites excluding steroid dienone is 1. The number of hydrogen-bond donors (Lipinski definition) is 2. The Kier molecular flexibility index (Phi) is 3.79. The maximum atomic E-state index is 13.0. The van der Waals surface area contributed by atoms with Crippen LogP contribution in [0.3, 0.4) is 0 Å². The van der Waals surface area contributed by atoms with Crippen molar-refractivity contribution in [3.8, 4) is 11.5 Å². The number of phenols is 2.